The molecule has 0 heterocycles. The fourth-order valence-corrected chi connectivity index (χ4v) is 2.78. The highest BCUT2D eigenvalue weighted by Gasteiger charge is 2.29. The molecule has 0 saturated carbocycles. The zero-order valence-corrected chi connectivity index (χ0v) is 17.5. The number of hydrogen-bond acceptors (Lipinski definition) is 8. The number of carbonyl (C=O) groups is 3. The first-order chi connectivity index (χ1) is 14.8. The molecule has 2 atom stereocenters. The van der Waals surface area contributed by atoms with Gasteiger partial charge in [0.2, 0.25) is 0 Å². The molecule has 166 valence electrons. The molecule has 0 spiro atoms. The topological polar surface area (TPSA) is 111 Å². The van der Waals surface area contributed by atoms with Crippen LogP contribution in [-0.4, -0.2) is 48.6 Å². The molecular weight excluding hydrogens is 429 g/mol. The molecule has 31 heavy (non-hydrogen) atoms. The van der Waals surface area contributed by atoms with Crippen LogP contribution in [0.2, 0.25) is 0 Å². The maximum atomic E-state index is 13.9. The van der Waals surface area contributed by atoms with Gasteiger partial charge in [-0.15, -0.1) is 0 Å². The first-order valence-electron chi connectivity index (χ1n) is 9.20. The number of methoxy groups -OCH3 is 1. The average Bonchev–Trinajstić information content (AvgIpc) is 2.77. The molecule has 2 amide bonds. The Bertz CT molecular complexity index is 910. The summed E-state index contributed by atoms with van der Waals surface area (Å²) in [7, 11) is 1.34. The van der Waals surface area contributed by atoms with E-state index in [2.05, 4.69) is 17.9 Å². The summed E-state index contributed by atoms with van der Waals surface area (Å²) in [6, 6.07) is 11.5. The third kappa shape index (κ3) is 7.26. The van der Waals surface area contributed by atoms with Gasteiger partial charge in [-0.05, 0) is 29.8 Å². The van der Waals surface area contributed by atoms with Crippen molar-refractivity contribution < 1.29 is 38.1 Å². The Balaban J connectivity index is 2.17. The summed E-state index contributed by atoms with van der Waals surface area (Å²) in [6.07, 6.45) is -3.00. The third-order valence-corrected chi connectivity index (χ3v) is 4.48. The van der Waals surface area contributed by atoms with E-state index in [0.717, 1.165) is 12.1 Å². The van der Waals surface area contributed by atoms with E-state index < -0.39 is 41.7 Å². The summed E-state index contributed by atoms with van der Waals surface area (Å²) in [6.45, 7) is -0.0666. The van der Waals surface area contributed by atoms with E-state index in [0.29, 0.717) is 0 Å². The van der Waals surface area contributed by atoms with Gasteiger partial charge in [0.25, 0.3) is 5.91 Å². The summed E-state index contributed by atoms with van der Waals surface area (Å²) >= 11 is 3.81. The molecular formula is C21H22FNO7S. The van der Waals surface area contributed by atoms with E-state index in [9.17, 15) is 23.9 Å². The van der Waals surface area contributed by atoms with Gasteiger partial charge in [0.1, 0.15) is 6.10 Å². The summed E-state index contributed by atoms with van der Waals surface area (Å²) in [5, 5.41) is 11.5. The largest absolute Gasteiger partial charge is 0.505 e. The van der Waals surface area contributed by atoms with Crippen molar-refractivity contribution in [1.29, 1.82) is 0 Å². The summed E-state index contributed by atoms with van der Waals surface area (Å²) in [5.41, 5.74) is 0.415. The Hall–Kier alpha value is -3.11. The van der Waals surface area contributed by atoms with Crippen molar-refractivity contribution in [2.24, 2.45) is 0 Å². The second-order valence-electron chi connectivity index (χ2n) is 6.30. The SMILES string of the molecule is CO[C@H](CCOC(=O)CS)[C@H](OC(=O)NC(=O)c1ccccc1)c1ccc(O)c(F)c1. The van der Waals surface area contributed by atoms with Crippen LogP contribution >= 0.6 is 12.6 Å². The van der Waals surface area contributed by atoms with E-state index in [1.807, 2.05) is 0 Å². The molecule has 2 aromatic rings. The molecule has 0 bridgehead atoms. The minimum Gasteiger partial charge on any atom is -0.505 e. The van der Waals surface area contributed by atoms with Gasteiger partial charge in [0.05, 0.1) is 12.4 Å². The molecule has 0 aliphatic rings. The normalized spacial score (nSPS) is 12.5. The van der Waals surface area contributed by atoms with Gasteiger partial charge in [-0.1, -0.05) is 24.3 Å². The van der Waals surface area contributed by atoms with Crippen molar-refractivity contribution in [2.75, 3.05) is 19.5 Å². The Morgan fingerprint density at radius 1 is 1.16 bits per heavy atom. The summed E-state index contributed by atoms with van der Waals surface area (Å²) in [5.74, 6) is -2.84. The van der Waals surface area contributed by atoms with E-state index >= 15 is 0 Å². The number of imide groups is 1. The monoisotopic (exact) mass is 451 g/mol. The van der Waals surface area contributed by atoms with Crippen molar-refractivity contribution in [1.82, 2.24) is 5.32 Å². The first kappa shape index (κ1) is 24.2. The molecule has 0 saturated heterocycles. The number of nitrogens with one attached hydrogen (secondary N) is 1. The van der Waals surface area contributed by atoms with Crippen LogP contribution in [0, 0.1) is 5.82 Å². The molecule has 8 nitrogen and oxygen atoms in total. The number of ether oxygens (including phenoxy) is 3. The van der Waals surface area contributed by atoms with E-state index in [4.69, 9.17) is 14.2 Å². The third-order valence-electron chi connectivity index (χ3n) is 4.22. The molecule has 2 aromatic carbocycles. The van der Waals surface area contributed by atoms with Crippen LogP contribution in [0.25, 0.3) is 0 Å². The van der Waals surface area contributed by atoms with Gasteiger partial charge in [-0.3, -0.25) is 14.9 Å². The van der Waals surface area contributed by atoms with Gasteiger partial charge < -0.3 is 19.3 Å². The van der Waals surface area contributed by atoms with Crippen LogP contribution in [-0.2, 0) is 19.0 Å². The predicted molar refractivity (Wildman–Crippen MR) is 111 cm³/mol. The second-order valence-corrected chi connectivity index (χ2v) is 6.61. The maximum Gasteiger partial charge on any atom is 0.414 e. The number of alkyl carbamates (subject to hydrolysis) is 1. The average molecular weight is 451 g/mol. The summed E-state index contributed by atoms with van der Waals surface area (Å²) in [4.78, 5) is 35.8. The molecule has 2 N–H and O–H groups in total. The predicted octanol–water partition coefficient (Wildman–Crippen LogP) is 3.02. The van der Waals surface area contributed by atoms with E-state index in [1.54, 1.807) is 18.2 Å². The molecule has 0 aromatic heterocycles. The van der Waals surface area contributed by atoms with Crippen molar-refractivity contribution in [3.8, 4) is 5.75 Å². The fourth-order valence-electron chi connectivity index (χ4n) is 2.69. The lowest BCUT2D eigenvalue weighted by Crippen LogP contribution is -2.35. The molecule has 0 fully saturated rings. The smallest absolute Gasteiger partial charge is 0.414 e. The minimum absolute atomic E-state index is 0.0666. The molecule has 2 rings (SSSR count). The fraction of sp³-hybridized carbons (Fsp3) is 0.286. The van der Waals surface area contributed by atoms with Crippen LogP contribution in [0.1, 0.15) is 28.4 Å². The van der Waals surface area contributed by atoms with Crippen molar-refractivity contribution >= 4 is 30.6 Å². The van der Waals surface area contributed by atoms with Crippen LogP contribution in [0.15, 0.2) is 48.5 Å². The number of benzene rings is 2. The number of rotatable bonds is 9. The van der Waals surface area contributed by atoms with Crippen molar-refractivity contribution in [3.63, 3.8) is 0 Å². The number of thiol groups is 1. The maximum absolute atomic E-state index is 13.9. The standard InChI is InChI=1S/C21H22FNO7S/c1-28-17(9-10-29-18(25)12-31)19(14-7-8-16(24)15(22)11-14)30-21(27)23-20(26)13-5-3-2-4-6-13/h2-8,11,17,19,24,31H,9-10,12H2,1H3,(H,23,26,27)/t17-,19-/m1/s1. The summed E-state index contributed by atoms with van der Waals surface area (Å²) < 4.78 is 29.6. The molecule has 0 aliphatic carbocycles. The number of phenolic OH excluding ortho intramolecular Hbond substituents is 1. The number of amides is 2. The second kappa shape index (κ2) is 11.9. The zero-order chi connectivity index (χ0) is 22.8. The lowest BCUT2D eigenvalue weighted by Gasteiger charge is -2.26. The Morgan fingerprint density at radius 2 is 1.87 bits per heavy atom. The van der Waals surface area contributed by atoms with Gasteiger partial charge >= 0.3 is 12.1 Å². The van der Waals surface area contributed by atoms with Gasteiger partial charge in [-0.2, -0.15) is 12.6 Å². The number of hydrogen-bond donors (Lipinski definition) is 3. The Morgan fingerprint density at radius 3 is 2.48 bits per heavy atom. The highest BCUT2D eigenvalue weighted by atomic mass is 32.1. The Kier molecular flexibility index (Phi) is 9.29. The van der Waals surface area contributed by atoms with E-state index in [1.165, 1.54) is 25.3 Å². The highest BCUT2D eigenvalue weighted by Crippen LogP contribution is 2.29. The van der Waals surface area contributed by atoms with Crippen molar-refractivity contribution in [3.05, 3.63) is 65.5 Å². The molecule has 0 aliphatic heterocycles. The Labute approximate surface area is 183 Å². The van der Waals surface area contributed by atoms with Gasteiger partial charge in [-0.25, -0.2) is 9.18 Å². The number of aromatic hydroxyl groups is 1. The van der Waals surface area contributed by atoms with Crippen LogP contribution < -0.4 is 5.32 Å². The van der Waals surface area contributed by atoms with Gasteiger partial charge in [0, 0.05) is 19.1 Å². The number of carbonyl (C=O) groups excluding carboxylic acids is 3. The lowest BCUT2D eigenvalue weighted by atomic mass is 10.0. The zero-order valence-electron chi connectivity index (χ0n) is 16.6. The van der Waals surface area contributed by atoms with Gasteiger partial charge in [0.15, 0.2) is 17.7 Å². The number of halogens is 1. The van der Waals surface area contributed by atoms with E-state index in [-0.39, 0.29) is 29.9 Å². The molecule has 0 radical (unpaired) electrons. The highest BCUT2D eigenvalue weighted by molar-refractivity contribution is 7.81. The van der Waals surface area contributed by atoms with Crippen LogP contribution in [0.4, 0.5) is 9.18 Å². The van der Waals surface area contributed by atoms with Crippen LogP contribution in [0.3, 0.4) is 0 Å². The molecule has 0 unspecified atom stereocenters. The van der Waals surface area contributed by atoms with Crippen molar-refractivity contribution in [2.45, 2.75) is 18.6 Å². The number of esters is 1. The minimum atomic E-state index is -1.17. The quantitative estimate of drug-likeness (QED) is 0.397. The molecule has 10 heteroatoms. The number of phenols is 1. The van der Waals surface area contributed by atoms with Crippen LogP contribution in [0.5, 0.6) is 5.75 Å². The lowest BCUT2D eigenvalue weighted by molar-refractivity contribution is -0.141. The first-order valence-corrected chi connectivity index (χ1v) is 9.83.